The van der Waals surface area contributed by atoms with Crippen LogP contribution in [0.25, 0.3) is 0 Å². The van der Waals surface area contributed by atoms with Crippen molar-refractivity contribution >= 4 is 30.1 Å². The predicted molar refractivity (Wildman–Crippen MR) is 89.4 cm³/mol. The monoisotopic (exact) mass is 359 g/mol. The fraction of sp³-hybridized carbons (Fsp3) is 0.812. The van der Waals surface area contributed by atoms with E-state index in [4.69, 9.17) is 10.5 Å². The van der Waals surface area contributed by atoms with Crippen LogP contribution in [-0.2, 0) is 19.1 Å². The number of nitrogens with zero attached hydrogens (tertiary/aromatic N) is 1. The summed E-state index contributed by atoms with van der Waals surface area (Å²) in [6, 6.07) is -0.103. The number of carbonyl (C=O) groups is 3. The van der Waals surface area contributed by atoms with Crippen molar-refractivity contribution in [1.82, 2.24) is 10.2 Å². The van der Waals surface area contributed by atoms with Crippen molar-refractivity contribution < 1.29 is 19.1 Å². The molecule has 2 bridgehead atoms. The van der Waals surface area contributed by atoms with Gasteiger partial charge in [-0.2, -0.15) is 0 Å². The molecule has 0 spiro atoms. The number of imide groups is 1. The zero-order valence-corrected chi connectivity index (χ0v) is 14.7. The molecule has 8 heteroatoms. The molecule has 3 heterocycles. The van der Waals surface area contributed by atoms with E-state index < -0.39 is 0 Å². The lowest BCUT2D eigenvalue weighted by molar-refractivity contribution is -0.146. The quantitative estimate of drug-likeness (QED) is 0.632. The van der Waals surface area contributed by atoms with E-state index >= 15 is 0 Å². The van der Waals surface area contributed by atoms with E-state index in [2.05, 4.69) is 12.2 Å². The zero-order chi connectivity index (χ0) is 16.6. The molecular weight excluding hydrogens is 334 g/mol. The lowest BCUT2D eigenvalue weighted by Crippen LogP contribution is -2.47. The number of likely N-dealkylation sites (tertiary alicyclic amines) is 1. The van der Waals surface area contributed by atoms with E-state index in [0.717, 1.165) is 37.0 Å². The maximum Gasteiger partial charge on any atom is 0.240 e. The van der Waals surface area contributed by atoms with Crippen molar-refractivity contribution in [3.63, 3.8) is 0 Å². The Kier molecular flexibility index (Phi) is 6.22. The minimum Gasteiger partial charge on any atom is -0.373 e. The largest absolute Gasteiger partial charge is 0.373 e. The first kappa shape index (κ1) is 19.1. The molecule has 3 N–H and O–H groups in total. The van der Waals surface area contributed by atoms with Crippen LogP contribution in [0.2, 0.25) is 0 Å². The van der Waals surface area contributed by atoms with Crippen molar-refractivity contribution in [2.24, 2.45) is 17.6 Å². The third-order valence-corrected chi connectivity index (χ3v) is 5.23. The Labute approximate surface area is 148 Å². The molecule has 0 saturated carbocycles. The van der Waals surface area contributed by atoms with Crippen molar-refractivity contribution in [3.8, 4) is 0 Å². The molecule has 0 aromatic heterocycles. The average Bonchev–Trinajstić information content (AvgIpc) is 3.21. The van der Waals surface area contributed by atoms with Crippen LogP contribution in [0.5, 0.6) is 0 Å². The van der Waals surface area contributed by atoms with Gasteiger partial charge < -0.3 is 15.8 Å². The third kappa shape index (κ3) is 3.30. The van der Waals surface area contributed by atoms with Crippen LogP contribution in [0.3, 0.4) is 0 Å². The van der Waals surface area contributed by atoms with Crippen LogP contribution in [0.4, 0.5) is 0 Å². The highest BCUT2D eigenvalue weighted by molar-refractivity contribution is 6.08. The van der Waals surface area contributed by atoms with Gasteiger partial charge in [-0.1, -0.05) is 19.8 Å². The summed E-state index contributed by atoms with van der Waals surface area (Å²) in [6.07, 6.45) is 4.20. The molecule has 136 valence electrons. The number of hydrogen-bond donors (Lipinski definition) is 2. The predicted octanol–water partition coefficient (Wildman–Crippen LogP) is 0.204. The Morgan fingerprint density at radius 2 is 1.88 bits per heavy atom. The summed E-state index contributed by atoms with van der Waals surface area (Å²) in [4.78, 5) is 38.2. The molecule has 0 radical (unpaired) electrons. The van der Waals surface area contributed by atoms with Gasteiger partial charge in [-0.15, -0.1) is 12.4 Å². The summed E-state index contributed by atoms with van der Waals surface area (Å²) in [5, 5.41) is 2.83. The van der Waals surface area contributed by atoms with Crippen molar-refractivity contribution in [2.45, 2.75) is 57.3 Å². The minimum atomic E-state index is -0.376. The van der Waals surface area contributed by atoms with E-state index in [9.17, 15) is 14.4 Å². The molecule has 3 aliphatic rings. The Morgan fingerprint density at radius 3 is 2.38 bits per heavy atom. The molecule has 0 aliphatic carbocycles. The Hall–Kier alpha value is -1.18. The van der Waals surface area contributed by atoms with Crippen LogP contribution in [-0.4, -0.2) is 54.0 Å². The first-order chi connectivity index (χ1) is 11.1. The van der Waals surface area contributed by atoms with Gasteiger partial charge in [0.1, 0.15) is 6.54 Å². The van der Waals surface area contributed by atoms with Gasteiger partial charge in [-0.05, 0) is 19.3 Å². The smallest absolute Gasteiger partial charge is 0.240 e. The first-order valence-electron chi connectivity index (χ1n) is 8.57. The third-order valence-electron chi connectivity index (χ3n) is 5.23. The van der Waals surface area contributed by atoms with Gasteiger partial charge in [0.25, 0.3) is 0 Å². The van der Waals surface area contributed by atoms with Gasteiger partial charge in [-0.3, -0.25) is 19.3 Å². The standard InChI is InChI=1S/C16H25N3O4.ClH/c1-2-3-4-9(7-17)18-12(20)8-19-15(21)13-10-5-6-11(23-10)14(13)16(19)22;/h9-11,13-14H,2-8,17H2,1H3,(H,18,20);1H. The molecule has 3 rings (SSSR count). The lowest BCUT2D eigenvalue weighted by atomic mass is 9.81. The summed E-state index contributed by atoms with van der Waals surface area (Å²) in [5.41, 5.74) is 5.67. The van der Waals surface area contributed by atoms with Gasteiger partial charge in [0, 0.05) is 12.6 Å². The summed E-state index contributed by atoms with van der Waals surface area (Å²) >= 11 is 0. The fourth-order valence-electron chi connectivity index (χ4n) is 4.05. The van der Waals surface area contributed by atoms with Crippen LogP contribution < -0.4 is 11.1 Å². The zero-order valence-electron chi connectivity index (χ0n) is 13.9. The van der Waals surface area contributed by atoms with Gasteiger partial charge in [0.15, 0.2) is 0 Å². The normalized spacial score (nSPS) is 31.8. The molecule has 0 aromatic carbocycles. The summed E-state index contributed by atoms with van der Waals surface area (Å²) in [7, 11) is 0. The number of unbranched alkanes of at least 4 members (excludes halogenated alkanes) is 1. The Bertz CT molecular complexity index is 488. The number of rotatable bonds is 7. The van der Waals surface area contributed by atoms with E-state index in [1.807, 2.05) is 0 Å². The van der Waals surface area contributed by atoms with E-state index in [-0.39, 0.29) is 66.8 Å². The highest BCUT2D eigenvalue weighted by Crippen LogP contribution is 2.48. The molecule has 3 saturated heterocycles. The number of halogens is 1. The van der Waals surface area contributed by atoms with Crippen LogP contribution in [0.1, 0.15) is 39.0 Å². The molecule has 5 unspecified atom stereocenters. The van der Waals surface area contributed by atoms with Gasteiger partial charge >= 0.3 is 0 Å². The Morgan fingerprint density at radius 1 is 1.29 bits per heavy atom. The molecule has 24 heavy (non-hydrogen) atoms. The van der Waals surface area contributed by atoms with E-state index in [0.29, 0.717) is 6.54 Å². The highest BCUT2D eigenvalue weighted by atomic mass is 35.5. The molecular formula is C16H26ClN3O4. The van der Waals surface area contributed by atoms with Gasteiger partial charge in [-0.25, -0.2) is 0 Å². The number of fused-ring (bicyclic) bond motifs is 5. The topological polar surface area (TPSA) is 102 Å². The van der Waals surface area contributed by atoms with Gasteiger partial charge in [0.05, 0.1) is 24.0 Å². The number of nitrogens with two attached hydrogens (primary N) is 1. The van der Waals surface area contributed by atoms with E-state index in [1.54, 1.807) is 0 Å². The highest BCUT2D eigenvalue weighted by Gasteiger charge is 2.62. The number of hydrogen-bond acceptors (Lipinski definition) is 5. The number of carbonyl (C=O) groups excluding carboxylic acids is 3. The molecule has 3 amide bonds. The average molecular weight is 360 g/mol. The summed E-state index contributed by atoms with van der Waals surface area (Å²) in [6.45, 7) is 2.23. The summed E-state index contributed by atoms with van der Waals surface area (Å²) in [5.74, 6) is -1.56. The maximum atomic E-state index is 12.5. The first-order valence-corrected chi connectivity index (χ1v) is 8.57. The number of amides is 3. The summed E-state index contributed by atoms with van der Waals surface area (Å²) < 4.78 is 5.67. The maximum absolute atomic E-state index is 12.5. The molecule has 0 aromatic rings. The molecule has 3 aliphatic heterocycles. The molecule has 3 fully saturated rings. The number of nitrogens with one attached hydrogen (secondary N) is 1. The molecule has 7 nitrogen and oxygen atoms in total. The molecule has 5 atom stereocenters. The SMILES string of the molecule is CCCCC(CN)NC(=O)CN1C(=O)C2C3CCC(O3)C2C1=O.Cl. The second-order valence-corrected chi connectivity index (χ2v) is 6.75. The second kappa shape index (κ2) is 7.80. The van der Waals surface area contributed by atoms with Crippen LogP contribution in [0, 0.1) is 11.8 Å². The van der Waals surface area contributed by atoms with Gasteiger partial charge in [0.2, 0.25) is 17.7 Å². The van der Waals surface area contributed by atoms with Crippen LogP contribution >= 0.6 is 12.4 Å². The van der Waals surface area contributed by atoms with Crippen molar-refractivity contribution in [3.05, 3.63) is 0 Å². The van der Waals surface area contributed by atoms with Crippen molar-refractivity contribution in [1.29, 1.82) is 0 Å². The van der Waals surface area contributed by atoms with Crippen molar-refractivity contribution in [2.75, 3.05) is 13.1 Å². The lowest BCUT2D eigenvalue weighted by Gasteiger charge is -2.20. The minimum absolute atomic E-state index is 0. The second-order valence-electron chi connectivity index (χ2n) is 6.75. The fourth-order valence-corrected chi connectivity index (χ4v) is 4.05. The Balaban J connectivity index is 0.00000208. The van der Waals surface area contributed by atoms with Crippen LogP contribution in [0.15, 0.2) is 0 Å². The van der Waals surface area contributed by atoms with E-state index in [1.165, 1.54) is 0 Å². The number of ether oxygens (including phenoxy) is 1.